The fourth-order valence-corrected chi connectivity index (χ4v) is 2.36. The van der Waals surface area contributed by atoms with Gasteiger partial charge in [-0.2, -0.15) is 0 Å². The lowest BCUT2D eigenvalue weighted by atomic mass is 10.1. The molecule has 0 aliphatic heterocycles. The molecule has 3 nitrogen and oxygen atoms in total. The topological polar surface area (TPSA) is 55.1 Å². The summed E-state index contributed by atoms with van der Waals surface area (Å²) >= 11 is 1.64. The number of hydrogen-bond acceptors (Lipinski definition) is 3. The SMILES string of the molecule is CSc1cccc(NC(=O)[C@@H](N)Cc2ccccc2)c1. The van der Waals surface area contributed by atoms with Crippen LogP contribution in [0.15, 0.2) is 59.5 Å². The molecule has 0 saturated heterocycles. The van der Waals surface area contributed by atoms with Gasteiger partial charge >= 0.3 is 0 Å². The van der Waals surface area contributed by atoms with Crippen molar-refractivity contribution in [3.05, 3.63) is 60.2 Å². The molecule has 0 aromatic heterocycles. The third kappa shape index (κ3) is 4.11. The van der Waals surface area contributed by atoms with Gasteiger partial charge in [-0.15, -0.1) is 11.8 Å². The molecule has 0 heterocycles. The third-order valence-electron chi connectivity index (χ3n) is 2.97. The Labute approximate surface area is 123 Å². The van der Waals surface area contributed by atoms with Gasteiger partial charge in [-0.1, -0.05) is 36.4 Å². The van der Waals surface area contributed by atoms with Gasteiger partial charge in [0.2, 0.25) is 5.91 Å². The second-order valence-corrected chi connectivity index (χ2v) is 5.40. The van der Waals surface area contributed by atoms with E-state index in [2.05, 4.69) is 5.32 Å². The van der Waals surface area contributed by atoms with Crippen LogP contribution in [0.3, 0.4) is 0 Å². The van der Waals surface area contributed by atoms with Gasteiger partial charge in [-0.3, -0.25) is 4.79 Å². The quantitative estimate of drug-likeness (QED) is 0.831. The molecular weight excluding hydrogens is 268 g/mol. The summed E-state index contributed by atoms with van der Waals surface area (Å²) in [4.78, 5) is 13.2. The molecule has 0 fully saturated rings. The number of thioether (sulfide) groups is 1. The standard InChI is InChI=1S/C16H18N2OS/c1-20-14-9-5-8-13(11-14)18-16(19)15(17)10-12-6-3-2-4-7-12/h2-9,11,15H,10,17H2,1H3,(H,18,19)/t15-/m0/s1. The van der Waals surface area contributed by atoms with Gasteiger partial charge in [0.15, 0.2) is 0 Å². The fourth-order valence-electron chi connectivity index (χ4n) is 1.90. The number of amides is 1. The summed E-state index contributed by atoms with van der Waals surface area (Å²) in [7, 11) is 0. The van der Waals surface area contributed by atoms with E-state index in [1.165, 1.54) is 0 Å². The average molecular weight is 286 g/mol. The van der Waals surface area contributed by atoms with Gasteiger partial charge in [0.05, 0.1) is 6.04 Å². The molecule has 0 radical (unpaired) electrons. The van der Waals surface area contributed by atoms with Crippen molar-refractivity contribution in [1.82, 2.24) is 0 Å². The van der Waals surface area contributed by atoms with Crippen molar-refractivity contribution < 1.29 is 4.79 Å². The van der Waals surface area contributed by atoms with Gasteiger partial charge in [0, 0.05) is 10.6 Å². The van der Waals surface area contributed by atoms with Crippen molar-refractivity contribution >= 4 is 23.4 Å². The molecule has 0 spiro atoms. The Morgan fingerprint density at radius 2 is 1.95 bits per heavy atom. The number of nitrogens with one attached hydrogen (secondary N) is 1. The highest BCUT2D eigenvalue weighted by Gasteiger charge is 2.14. The molecular formula is C16H18N2OS. The van der Waals surface area contributed by atoms with E-state index >= 15 is 0 Å². The van der Waals surface area contributed by atoms with Gasteiger partial charge in [-0.05, 0) is 36.4 Å². The van der Waals surface area contributed by atoms with E-state index in [1.807, 2.05) is 60.9 Å². The van der Waals surface area contributed by atoms with Crippen molar-refractivity contribution in [2.45, 2.75) is 17.4 Å². The van der Waals surface area contributed by atoms with Crippen LogP contribution in [0.5, 0.6) is 0 Å². The molecule has 3 N–H and O–H groups in total. The van der Waals surface area contributed by atoms with Crippen LogP contribution in [0.1, 0.15) is 5.56 Å². The van der Waals surface area contributed by atoms with Crippen LogP contribution in [0, 0.1) is 0 Å². The van der Waals surface area contributed by atoms with E-state index in [0.29, 0.717) is 6.42 Å². The average Bonchev–Trinajstić information content (AvgIpc) is 2.48. The summed E-state index contributed by atoms with van der Waals surface area (Å²) < 4.78 is 0. The molecule has 1 atom stereocenters. The molecule has 4 heteroatoms. The maximum absolute atomic E-state index is 12.1. The molecule has 2 aromatic carbocycles. The molecule has 0 aliphatic carbocycles. The first kappa shape index (κ1) is 14.6. The van der Waals surface area contributed by atoms with Crippen LogP contribution in [-0.4, -0.2) is 18.2 Å². The second kappa shape index (κ2) is 7.12. The smallest absolute Gasteiger partial charge is 0.241 e. The molecule has 104 valence electrons. The van der Waals surface area contributed by atoms with Crippen LogP contribution in [0.4, 0.5) is 5.69 Å². The van der Waals surface area contributed by atoms with Crippen LogP contribution in [0.25, 0.3) is 0 Å². The third-order valence-corrected chi connectivity index (χ3v) is 3.70. The zero-order valence-corrected chi connectivity index (χ0v) is 12.2. The highest BCUT2D eigenvalue weighted by molar-refractivity contribution is 7.98. The second-order valence-electron chi connectivity index (χ2n) is 4.52. The van der Waals surface area contributed by atoms with E-state index in [-0.39, 0.29) is 5.91 Å². The molecule has 0 saturated carbocycles. The zero-order chi connectivity index (χ0) is 14.4. The molecule has 0 bridgehead atoms. The maximum atomic E-state index is 12.1. The highest BCUT2D eigenvalue weighted by atomic mass is 32.2. The monoisotopic (exact) mass is 286 g/mol. The predicted octanol–water partition coefficient (Wildman–Crippen LogP) is 2.92. The number of benzene rings is 2. The van der Waals surface area contributed by atoms with E-state index < -0.39 is 6.04 Å². The van der Waals surface area contributed by atoms with E-state index in [0.717, 1.165) is 16.1 Å². The predicted molar refractivity (Wildman–Crippen MR) is 85.0 cm³/mol. The molecule has 2 rings (SSSR count). The summed E-state index contributed by atoms with van der Waals surface area (Å²) in [5, 5.41) is 2.86. The van der Waals surface area contributed by atoms with E-state index in [9.17, 15) is 4.79 Å². The molecule has 20 heavy (non-hydrogen) atoms. The van der Waals surface area contributed by atoms with Crippen molar-refractivity contribution in [3.63, 3.8) is 0 Å². The van der Waals surface area contributed by atoms with Crippen molar-refractivity contribution in [1.29, 1.82) is 0 Å². The van der Waals surface area contributed by atoms with Gasteiger partial charge in [0.25, 0.3) is 0 Å². The summed E-state index contributed by atoms with van der Waals surface area (Å²) in [6.07, 6.45) is 2.54. The first-order chi connectivity index (χ1) is 9.69. The first-order valence-corrected chi connectivity index (χ1v) is 7.66. The van der Waals surface area contributed by atoms with Crippen molar-refractivity contribution in [2.75, 3.05) is 11.6 Å². The van der Waals surface area contributed by atoms with E-state index in [1.54, 1.807) is 11.8 Å². The van der Waals surface area contributed by atoms with Crippen LogP contribution in [0.2, 0.25) is 0 Å². The highest BCUT2D eigenvalue weighted by Crippen LogP contribution is 2.19. The maximum Gasteiger partial charge on any atom is 0.241 e. The van der Waals surface area contributed by atoms with Crippen LogP contribution >= 0.6 is 11.8 Å². The Hall–Kier alpha value is -1.78. The minimum Gasteiger partial charge on any atom is -0.325 e. The number of nitrogens with two attached hydrogens (primary N) is 1. The summed E-state index contributed by atoms with van der Waals surface area (Å²) in [6, 6.07) is 17.0. The summed E-state index contributed by atoms with van der Waals surface area (Å²) in [5.74, 6) is -0.160. The fraction of sp³-hybridized carbons (Fsp3) is 0.188. The lowest BCUT2D eigenvalue weighted by Gasteiger charge is -2.12. The number of carbonyl (C=O) groups is 1. The van der Waals surface area contributed by atoms with E-state index in [4.69, 9.17) is 5.73 Å². The summed E-state index contributed by atoms with van der Waals surface area (Å²) in [6.45, 7) is 0. The molecule has 0 unspecified atom stereocenters. The minimum atomic E-state index is -0.546. The van der Waals surface area contributed by atoms with Crippen molar-refractivity contribution in [2.24, 2.45) is 5.73 Å². The Bertz CT molecular complexity index is 572. The number of rotatable bonds is 5. The Morgan fingerprint density at radius 3 is 2.65 bits per heavy atom. The largest absolute Gasteiger partial charge is 0.325 e. The Morgan fingerprint density at radius 1 is 1.20 bits per heavy atom. The molecule has 2 aromatic rings. The lowest BCUT2D eigenvalue weighted by molar-refractivity contribution is -0.117. The Balaban J connectivity index is 1.97. The Kier molecular flexibility index (Phi) is 5.21. The van der Waals surface area contributed by atoms with Gasteiger partial charge in [-0.25, -0.2) is 0 Å². The first-order valence-electron chi connectivity index (χ1n) is 6.43. The number of carbonyl (C=O) groups excluding carboxylic acids is 1. The van der Waals surface area contributed by atoms with Crippen LogP contribution in [-0.2, 0) is 11.2 Å². The normalized spacial score (nSPS) is 11.9. The van der Waals surface area contributed by atoms with Gasteiger partial charge < -0.3 is 11.1 Å². The lowest BCUT2D eigenvalue weighted by Crippen LogP contribution is -2.37. The number of anilines is 1. The number of hydrogen-bond donors (Lipinski definition) is 2. The van der Waals surface area contributed by atoms with Crippen molar-refractivity contribution in [3.8, 4) is 0 Å². The van der Waals surface area contributed by atoms with Gasteiger partial charge in [0.1, 0.15) is 0 Å². The zero-order valence-electron chi connectivity index (χ0n) is 11.4. The van der Waals surface area contributed by atoms with Crippen LogP contribution < -0.4 is 11.1 Å². The molecule has 0 aliphatic rings. The minimum absolute atomic E-state index is 0.160. The summed E-state index contributed by atoms with van der Waals surface area (Å²) in [5.41, 5.74) is 7.80. The molecule has 1 amide bonds.